The van der Waals surface area contributed by atoms with Crippen molar-refractivity contribution in [2.45, 2.75) is 43.9 Å². The summed E-state index contributed by atoms with van der Waals surface area (Å²) >= 11 is 0. The molecule has 2 aromatic rings. The molecule has 3 rings (SSSR count). The fourth-order valence-corrected chi connectivity index (χ4v) is 3.93. The standard InChI is InChI=1S/C21H27NO/c1-23-20-13-7-6-12-19(20)22-17-16-21(14-8-3-9-15-21)18-10-4-2-5-11-18/h2,4-7,10-13,22H,3,8-9,14-17H2,1H3. The van der Waals surface area contributed by atoms with Gasteiger partial charge in [0.1, 0.15) is 5.75 Å². The Morgan fingerprint density at radius 3 is 2.35 bits per heavy atom. The summed E-state index contributed by atoms with van der Waals surface area (Å²) in [6.07, 6.45) is 7.88. The van der Waals surface area contributed by atoms with E-state index in [2.05, 4.69) is 47.8 Å². The summed E-state index contributed by atoms with van der Waals surface area (Å²) in [6, 6.07) is 19.3. The molecule has 0 aliphatic heterocycles. The van der Waals surface area contributed by atoms with E-state index in [1.54, 1.807) is 7.11 Å². The molecule has 0 bridgehead atoms. The quantitative estimate of drug-likeness (QED) is 0.771. The fraction of sp³-hybridized carbons (Fsp3) is 0.429. The van der Waals surface area contributed by atoms with Gasteiger partial charge in [0.25, 0.3) is 0 Å². The van der Waals surface area contributed by atoms with Crippen LogP contribution in [-0.2, 0) is 5.41 Å². The largest absolute Gasteiger partial charge is 0.495 e. The van der Waals surface area contributed by atoms with E-state index in [1.807, 2.05) is 12.1 Å². The van der Waals surface area contributed by atoms with E-state index in [1.165, 1.54) is 44.1 Å². The van der Waals surface area contributed by atoms with Crippen LogP contribution in [0.1, 0.15) is 44.1 Å². The van der Waals surface area contributed by atoms with Crippen molar-refractivity contribution in [3.8, 4) is 5.75 Å². The molecule has 1 N–H and O–H groups in total. The van der Waals surface area contributed by atoms with Crippen LogP contribution in [0.15, 0.2) is 54.6 Å². The average Bonchev–Trinajstić information content (AvgIpc) is 2.64. The Balaban J connectivity index is 1.70. The predicted octanol–water partition coefficient (Wildman–Crippen LogP) is 5.40. The summed E-state index contributed by atoms with van der Waals surface area (Å²) in [4.78, 5) is 0. The second-order valence-corrected chi connectivity index (χ2v) is 6.58. The monoisotopic (exact) mass is 309 g/mol. The van der Waals surface area contributed by atoms with Gasteiger partial charge in [-0.05, 0) is 42.4 Å². The number of para-hydroxylation sites is 2. The number of hydrogen-bond acceptors (Lipinski definition) is 2. The van der Waals surface area contributed by atoms with Gasteiger partial charge in [-0.3, -0.25) is 0 Å². The molecule has 0 aromatic heterocycles. The Morgan fingerprint density at radius 1 is 0.913 bits per heavy atom. The topological polar surface area (TPSA) is 21.3 Å². The lowest BCUT2D eigenvalue weighted by atomic mass is 9.67. The second kappa shape index (κ2) is 7.54. The molecule has 122 valence electrons. The van der Waals surface area contributed by atoms with E-state index in [0.717, 1.165) is 18.0 Å². The van der Waals surface area contributed by atoms with Crippen LogP contribution in [-0.4, -0.2) is 13.7 Å². The van der Waals surface area contributed by atoms with Crippen molar-refractivity contribution in [3.63, 3.8) is 0 Å². The van der Waals surface area contributed by atoms with Crippen LogP contribution in [0.5, 0.6) is 5.75 Å². The molecule has 0 saturated heterocycles. The van der Waals surface area contributed by atoms with E-state index < -0.39 is 0 Å². The second-order valence-electron chi connectivity index (χ2n) is 6.58. The molecular weight excluding hydrogens is 282 g/mol. The zero-order valence-corrected chi connectivity index (χ0v) is 14.1. The van der Waals surface area contributed by atoms with Crippen molar-refractivity contribution in [2.24, 2.45) is 0 Å². The number of benzene rings is 2. The normalized spacial score (nSPS) is 16.7. The molecule has 1 aliphatic rings. The molecule has 2 heteroatoms. The number of ether oxygens (including phenoxy) is 1. The zero-order chi connectivity index (χ0) is 16.0. The minimum atomic E-state index is 0.342. The Bertz CT molecular complexity index is 602. The van der Waals surface area contributed by atoms with Crippen molar-refractivity contribution < 1.29 is 4.74 Å². The Hall–Kier alpha value is -1.96. The SMILES string of the molecule is COc1ccccc1NCCC1(c2ccccc2)CCCCC1. The summed E-state index contributed by atoms with van der Waals surface area (Å²) < 4.78 is 5.44. The van der Waals surface area contributed by atoms with Crippen molar-refractivity contribution >= 4 is 5.69 Å². The highest BCUT2D eigenvalue weighted by Crippen LogP contribution is 2.42. The summed E-state index contributed by atoms with van der Waals surface area (Å²) in [5.74, 6) is 0.921. The van der Waals surface area contributed by atoms with E-state index in [9.17, 15) is 0 Å². The molecule has 23 heavy (non-hydrogen) atoms. The summed E-state index contributed by atoms with van der Waals surface area (Å²) in [5.41, 5.74) is 2.95. The third-order valence-electron chi connectivity index (χ3n) is 5.22. The van der Waals surface area contributed by atoms with E-state index in [-0.39, 0.29) is 0 Å². The molecule has 2 aromatic carbocycles. The number of nitrogens with one attached hydrogen (secondary N) is 1. The lowest BCUT2D eigenvalue weighted by Gasteiger charge is -2.38. The van der Waals surface area contributed by atoms with Gasteiger partial charge in [0.05, 0.1) is 12.8 Å². The maximum atomic E-state index is 5.44. The van der Waals surface area contributed by atoms with Crippen molar-refractivity contribution in [2.75, 3.05) is 19.0 Å². The minimum absolute atomic E-state index is 0.342. The van der Waals surface area contributed by atoms with E-state index >= 15 is 0 Å². The first-order valence-corrected chi connectivity index (χ1v) is 8.76. The molecule has 0 radical (unpaired) electrons. The van der Waals surface area contributed by atoms with Gasteiger partial charge >= 0.3 is 0 Å². The van der Waals surface area contributed by atoms with Crippen LogP contribution in [0.4, 0.5) is 5.69 Å². The Kier molecular flexibility index (Phi) is 5.22. The Morgan fingerprint density at radius 2 is 1.61 bits per heavy atom. The summed E-state index contributed by atoms with van der Waals surface area (Å²) in [7, 11) is 1.73. The maximum Gasteiger partial charge on any atom is 0.141 e. The van der Waals surface area contributed by atoms with Gasteiger partial charge in [0, 0.05) is 6.54 Å². The lowest BCUT2D eigenvalue weighted by Crippen LogP contribution is -2.31. The van der Waals surface area contributed by atoms with Gasteiger partial charge in [0.2, 0.25) is 0 Å². The van der Waals surface area contributed by atoms with E-state index in [0.29, 0.717) is 5.41 Å². The van der Waals surface area contributed by atoms with Crippen molar-refractivity contribution in [1.29, 1.82) is 0 Å². The highest BCUT2D eigenvalue weighted by Gasteiger charge is 2.33. The van der Waals surface area contributed by atoms with Crippen molar-refractivity contribution in [3.05, 3.63) is 60.2 Å². The third-order valence-corrected chi connectivity index (χ3v) is 5.22. The molecule has 1 fully saturated rings. The third kappa shape index (κ3) is 3.69. The molecule has 0 amide bonds. The molecule has 1 saturated carbocycles. The fourth-order valence-electron chi connectivity index (χ4n) is 3.93. The first kappa shape index (κ1) is 15.9. The van der Waals surface area contributed by atoms with E-state index in [4.69, 9.17) is 4.74 Å². The van der Waals surface area contributed by atoms with Crippen LogP contribution >= 0.6 is 0 Å². The number of hydrogen-bond donors (Lipinski definition) is 1. The van der Waals surface area contributed by atoms with Crippen LogP contribution in [0.2, 0.25) is 0 Å². The number of rotatable bonds is 6. The average molecular weight is 309 g/mol. The highest BCUT2D eigenvalue weighted by molar-refractivity contribution is 5.56. The Labute approximate surface area is 139 Å². The molecule has 0 unspecified atom stereocenters. The summed E-state index contributed by atoms with van der Waals surface area (Å²) in [5, 5.41) is 3.58. The van der Waals surface area contributed by atoms with Gasteiger partial charge in [-0.25, -0.2) is 0 Å². The number of methoxy groups -OCH3 is 1. The predicted molar refractivity (Wildman–Crippen MR) is 97.3 cm³/mol. The van der Waals surface area contributed by atoms with Crippen molar-refractivity contribution in [1.82, 2.24) is 0 Å². The van der Waals surface area contributed by atoms with Crippen LogP contribution in [0.3, 0.4) is 0 Å². The molecule has 0 spiro atoms. The smallest absolute Gasteiger partial charge is 0.141 e. The van der Waals surface area contributed by atoms with Gasteiger partial charge < -0.3 is 10.1 Å². The highest BCUT2D eigenvalue weighted by atomic mass is 16.5. The van der Waals surface area contributed by atoms with Gasteiger partial charge in [-0.15, -0.1) is 0 Å². The number of anilines is 1. The molecule has 0 heterocycles. The van der Waals surface area contributed by atoms with Gasteiger partial charge in [0.15, 0.2) is 0 Å². The lowest BCUT2D eigenvalue weighted by molar-refractivity contribution is 0.280. The maximum absolute atomic E-state index is 5.44. The summed E-state index contributed by atoms with van der Waals surface area (Å²) in [6.45, 7) is 0.981. The van der Waals surface area contributed by atoms with Crippen LogP contribution < -0.4 is 10.1 Å². The van der Waals surface area contributed by atoms with Gasteiger partial charge in [-0.2, -0.15) is 0 Å². The first-order valence-electron chi connectivity index (χ1n) is 8.76. The molecule has 1 aliphatic carbocycles. The van der Waals surface area contributed by atoms with Crippen LogP contribution in [0, 0.1) is 0 Å². The van der Waals surface area contributed by atoms with Crippen LogP contribution in [0.25, 0.3) is 0 Å². The zero-order valence-electron chi connectivity index (χ0n) is 14.1. The van der Waals surface area contributed by atoms with Gasteiger partial charge in [-0.1, -0.05) is 61.7 Å². The molecule has 2 nitrogen and oxygen atoms in total. The molecular formula is C21H27NO. The molecule has 0 atom stereocenters. The minimum Gasteiger partial charge on any atom is -0.495 e. The first-order chi connectivity index (χ1) is 11.3.